The molecule has 0 heterocycles. The summed E-state index contributed by atoms with van der Waals surface area (Å²) in [4.78, 5) is 12.6. The molecule has 0 aliphatic rings. The second-order valence-electron chi connectivity index (χ2n) is 3.81. The smallest absolute Gasteiger partial charge is 0.320 e. The van der Waals surface area contributed by atoms with Crippen molar-refractivity contribution in [3.05, 3.63) is 22.8 Å². The van der Waals surface area contributed by atoms with Gasteiger partial charge >= 0.3 is 5.37 Å². The molecule has 0 aliphatic carbocycles. The fourth-order valence-electron chi connectivity index (χ4n) is 1.85. The fraction of sp³-hybridized carbons (Fsp3) is 0.417. The van der Waals surface area contributed by atoms with E-state index in [4.69, 9.17) is 16.3 Å². The van der Waals surface area contributed by atoms with Gasteiger partial charge in [-0.05, 0) is 55.1 Å². The van der Waals surface area contributed by atoms with E-state index in [2.05, 4.69) is 0 Å². The lowest BCUT2D eigenvalue weighted by atomic mass is 10.0. The number of hydrogen-bond acceptors (Lipinski definition) is 2. The highest BCUT2D eigenvalue weighted by molar-refractivity contribution is 6.66. The molecule has 0 aromatic heterocycles. The largest absolute Gasteiger partial charge is 0.496 e. The summed E-state index contributed by atoms with van der Waals surface area (Å²) in [5.74, 6) is 0.828. The maximum absolute atomic E-state index is 11.2. The van der Waals surface area contributed by atoms with Crippen LogP contribution >= 0.6 is 11.6 Å². The predicted octanol–water partition coefficient (Wildman–Crippen LogP) is 3.42. The van der Waals surface area contributed by atoms with Crippen LogP contribution in [0.5, 0.6) is 5.75 Å². The lowest BCUT2D eigenvalue weighted by Crippen LogP contribution is -2.22. The standard InChI is InChI=1S/C12H16ClNO2/c1-7-6-10(16-5)8(2)9(3)11(7)14(4)12(13)15/h6H,1-5H3. The number of benzene rings is 1. The second kappa shape index (κ2) is 4.74. The number of halogens is 1. The molecule has 0 atom stereocenters. The van der Waals surface area contributed by atoms with Gasteiger partial charge in [0.2, 0.25) is 0 Å². The van der Waals surface area contributed by atoms with E-state index in [1.54, 1.807) is 14.2 Å². The Hall–Kier alpha value is -1.22. The normalized spacial score (nSPS) is 10.1. The first-order chi connectivity index (χ1) is 7.40. The van der Waals surface area contributed by atoms with Crippen LogP contribution in [0.4, 0.5) is 10.5 Å². The molecule has 1 aromatic carbocycles. The summed E-state index contributed by atoms with van der Waals surface area (Å²) in [6.07, 6.45) is 0. The van der Waals surface area contributed by atoms with E-state index in [0.29, 0.717) is 0 Å². The third kappa shape index (κ3) is 2.14. The van der Waals surface area contributed by atoms with Gasteiger partial charge in [0, 0.05) is 7.05 Å². The molecule has 4 heteroatoms. The Morgan fingerprint density at radius 2 is 1.88 bits per heavy atom. The van der Waals surface area contributed by atoms with Crippen molar-refractivity contribution in [2.45, 2.75) is 20.8 Å². The first-order valence-electron chi connectivity index (χ1n) is 4.98. The van der Waals surface area contributed by atoms with Crippen molar-refractivity contribution in [2.75, 3.05) is 19.1 Å². The average Bonchev–Trinajstić information content (AvgIpc) is 2.23. The quantitative estimate of drug-likeness (QED) is 0.587. The van der Waals surface area contributed by atoms with Gasteiger partial charge < -0.3 is 9.64 Å². The number of amides is 1. The van der Waals surface area contributed by atoms with E-state index in [1.165, 1.54) is 4.90 Å². The van der Waals surface area contributed by atoms with E-state index < -0.39 is 5.37 Å². The minimum atomic E-state index is -0.490. The topological polar surface area (TPSA) is 29.5 Å². The summed E-state index contributed by atoms with van der Waals surface area (Å²) < 4.78 is 5.27. The summed E-state index contributed by atoms with van der Waals surface area (Å²) in [6.45, 7) is 5.85. The highest BCUT2D eigenvalue weighted by Gasteiger charge is 2.17. The summed E-state index contributed by atoms with van der Waals surface area (Å²) in [5, 5.41) is -0.490. The minimum absolute atomic E-state index is 0.490. The number of anilines is 1. The summed E-state index contributed by atoms with van der Waals surface area (Å²) in [5.41, 5.74) is 3.84. The maximum Gasteiger partial charge on any atom is 0.320 e. The number of methoxy groups -OCH3 is 1. The molecule has 0 saturated heterocycles. The Bertz CT molecular complexity index is 430. The van der Waals surface area contributed by atoms with Crippen LogP contribution in [-0.2, 0) is 0 Å². The zero-order valence-corrected chi connectivity index (χ0v) is 11.0. The molecule has 1 aromatic rings. The third-order valence-corrected chi connectivity index (χ3v) is 3.08. The molecule has 0 saturated carbocycles. The zero-order chi connectivity index (χ0) is 12.5. The second-order valence-corrected chi connectivity index (χ2v) is 4.13. The van der Waals surface area contributed by atoms with Crippen LogP contribution < -0.4 is 9.64 Å². The van der Waals surface area contributed by atoms with Crippen LogP contribution in [0.1, 0.15) is 16.7 Å². The molecule has 0 bridgehead atoms. The molecule has 1 amide bonds. The molecule has 0 radical (unpaired) electrons. The molecule has 0 fully saturated rings. The molecule has 88 valence electrons. The van der Waals surface area contributed by atoms with Crippen LogP contribution in [-0.4, -0.2) is 19.5 Å². The van der Waals surface area contributed by atoms with E-state index in [0.717, 1.165) is 28.1 Å². The van der Waals surface area contributed by atoms with Gasteiger partial charge in [0.1, 0.15) is 5.75 Å². The highest BCUT2D eigenvalue weighted by atomic mass is 35.5. The molecule has 0 aliphatic heterocycles. The van der Waals surface area contributed by atoms with Gasteiger partial charge in [0.15, 0.2) is 0 Å². The van der Waals surface area contributed by atoms with Crippen molar-refractivity contribution in [2.24, 2.45) is 0 Å². The molecule has 0 spiro atoms. The van der Waals surface area contributed by atoms with Crippen LogP contribution in [0.2, 0.25) is 0 Å². The minimum Gasteiger partial charge on any atom is -0.496 e. The summed E-state index contributed by atoms with van der Waals surface area (Å²) >= 11 is 5.49. The van der Waals surface area contributed by atoms with Gasteiger partial charge in [0.25, 0.3) is 0 Å². The number of nitrogens with zero attached hydrogens (tertiary/aromatic N) is 1. The van der Waals surface area contributed by atoms with Crippen molar-refractivity contribution >= 4 is 22.7 Å². The molecule has 0 N–H and O–H groups in total. The Kier molecular flexibility index (Phi) is 3.81. The maximum atomic E-state index is 11.2. The first kappa shape index (κ1) is 12.8. The Labute approximate surface area is 101 Å². The van der Waals surface area contributed by atoms with Crippen molar-refractivity contribution in [1.82, 2.24) is 0 Å². The fourth-order valence-corrected chi connectivity index (χ4v) is 1.93. The lowest BCUT2D eigenvalue weighted by molar-refractivity contribution is 0.265. The number of ether oxygens (including phenoxy) is 1. The highest BCUT2D eigenvalue weighted by Crippen LogP contribution is 2.33. The monoisotopic (exact) mass is 241 g/mol. The lowest BCUT2D eigenvalue weighted by Gasteiger charge is -2.22. The first-order valence-corrected chi connectivity index (χ1v) is 5.36. The number of aryl methyl sites for hydroxylation is 1. The van der Waals surface area contributed by atoms with Gasteiger partial charge in [-0.2, -0.15) is 0 Å². The zero-order valence-electron chi connectivity index (χ0n) is 10.2. The third-order valence-electron chi connectivity index (χ3n) is 2.83. The van der Waals surface area contributed by atoms with Gasteiger partial charge in [-0.1, -0.05) is 0 Å². The number of hydrogen-bond donors (Lipinski definition) is 0. The number of rotatable bonds is 2. The van der Waals surface area contributed by atoms with Crippen LogP contribution in [0.25, 0.3) is 0 Å². The van der Waals surface area contributed by atoms with Gasteiger partial charge in [-0.15, -0.1) is 0 Å². The van der Waals surface area contributed by atoms with Crippen molar-refractivity contribution in [3.8, 4) is 5.75 Å². The predicted molar refractivity (Wildman–Crippen MR) is 66.9 cm³/mol. The van der Waals surface area contributed by atoms with E-state index in [9.17, 15) is 4.79 Å². The number of carbonyl (C=O) groups is 1. The SMILES string of the molecule is COc1cc(C)c(N(C)C(=O)Cl)c(C)c1C. The molecular weight excluding hydrogens is 226 g/mol. The van der Waals surface area contributed by atoms with Crippen LogP contribution in [0.15, 0.2) is 6.07 Å². The average molecular weight is 242 g/mol. The van der Waals surface area contributed by atoms with E-state index in [1.807, 2.05) is 26.8 Å². The Balaban J connectivity index is 3.41. The Morgan fingerprint density at radius 1 is 1.31 bits per heavy atom. The molecule has 1 rings (SSSR count). The van der Waals surface area contributed by atoms with Crippen molar-refractivity contribution in [1.29, 1.82) is 0 Å². The summed E-state index contributed by atoms with van der Waals surface area (Å²) in [6, 6.07) is 1.91. The molecule has 3 nitrogen and oxygen atoms in total. The Morgan fingerprint density at radius 3 is 2.31 bits per heavy atom. The van der Waals surface area contributed by atoms with E-state index in [-0.39, 0.29) is 0 Å². The van der Waals surface area contributed by atoms with E-state index >= 15 is 0 Å². The van der Waals surface area contributed by atoms with Gasteiger partial charge in [-0.3, -0.25) is 4.79 Å². The molecule has 0 unspecified atom stereocenters. The van der Waals surface area contributed by atoms with Crippen molar-refractivity contribution in [3.63, 3.8) is 0 Å². The van der Waals surface area contributed by atoms with Gasteiger partial charge in [0.05, 0.1) is 12.8 Å². The van der Waals surface area contributed by atoms with Gasteiger partial charge in [-0.25, -0.2) is 0 Å². The molecular formula is C12H16ClNO2. The number of carbonyl (C=O) groups excluding carboxylic acids is 1. The van der Waals surface area contributed by atoms with Crippen LogP contribution in [0, 0.1) is 20.8 Å². The molecule has 16 heavy (non-hydrogen) atoms. The van der Waals surface area contributed by atoms with Crippen LogP contribution in [0.3, 0.4) is 0 Å². The summed E-state index contributed by atoms with van der Waals surface area (Å²) in [7, 11) is 3.30. The van der Waals surface area contributed by atoms with Crippen molar-refractivity contribution < 1.29 is 9.53 Å².